The van der Waals surface area contributed by atoms with Crippen LogP contribution in [0.2, 0.25) is 0 Å². The van der Waals surface area contributed by atoms with Crippen LogP contribution in [0.3, 0.4) is 0 Å². The summed E-state index contributed by atoms with van der Waals surface area (Å²) in [5.41, 5.74) is 0. The topological polar surface area (TPSA) is 155 Å². The number of rotatable bonds is 48. The monoisotopic (exact) mass is 1020 g/mol. The fourth-order valence-corrected chi connectivity index (χ4v) is 7.30. The molecule has 0 radical (unpaired) electrons. The van der Waals surface area contributed by atoms with Crippen molar-refractivity contribution in [2.75, 3.05) is 26.4 Å². The number of esters is 3. The van der Waals surface area contributed by atoms with Gasteiger partial charge in [0.05, 0.1) is 26.2 Å². The molecule has 3 atom stereocenters. The summed E-state index contributed by atoms with van der Waals surface area (Å²) in [6.45, 7) is 4.16. The molecule has 406 valence electrons. The van der Waals surface area contributed by atoms with Crippen molar-refractivity contribution in [3.05, 3.63) is 134 Å². The van der Waals surface area contributed by atoms with Crippen LogP contribution < -0.4 is 0 Å². The van der Waals surface area contributed by atoms with Crippen molar-refractivity contribution in [3.8, 4) is 0 Å². The number of phosphoric acid groups is 1. The number of aliphatic hydroxyl groups excluding tert-OH is 1. The number of carbonyl (C=O) groups is 3. The first-order valence-electron chi connectivity index (χ1n) is 27.1. The Balaban J connectivity index is 4.90. The quantitative estimate of drug-likeness (QED) is 0.0197. The summed E-state index contributed by atoms with van der Waals surface area (Å²) in [6.07, 6.45) is 65.9. The van der Waals surface area contributed by atoms with Crippen molar-refractivity contribution >= 4 is 25.7 Å². The summed E-state index contributed by atoms with van der Waals surface area (Å²) in [5, 5.41) is 9.78. The van der Waals surface area contributed by atoms with Crippen LogP contribution in [0.1, 0.15) is 188 Å². The van der Waals surface area contributed by atoms with Crippen molar-refractivity contribution in [2.24, 2.45) is 0 Å². The minimum Gasteiger partial charge on any atom is -0.462 e. The summed E-state index contributed by atoms with van der Waals surface area (Å²) in [6, 6.07) is 0. The van der Waals surface area contributed by atoms with E-state index in [1.165, 1.54) is 0 Å². The zero-order chi connectivity index (χ0) is 52.7. The number of hydrogen-bond acceptors (Lipinski definition) is 10. The van der Waals surface area contributed by atoms with E-state index in [4.69, 9.17) is 23.3 Å². The molecule has 0 aromatic carbocycles. The fourth-order valence-electron chi connectivity index (χ4n) is 6.52. The average Bonchev–Trinajstić information content (AvgIpc) is 3.37. The maximum absolute atomic E-state index is 12.9. The molecule has 3 unspecified atom stereocenters. The molecule has 0 fully saturated rings. The fraction of sp³-hybridized carbons (Fsp3) is 0.583. The lowest BCUT2D eigenvalue weighted by Crippen LogP contribution is -2.30. The van der Waals surface area contributed by atoms with Gasteiger partial charge in [0.2, 0.25) is 0 Å². The molecule has 72 heavy (non-hydrogen) atoms. The number of aliphatic hydroxyl groups is 1. The second-order valence-corrected chi connectivity index (χ2v) is 18.7. The molecule has 0 heterocycles. The van der Waals surface area contributed by atoms with Crippen LogP contribution in [0.5, 0.6) is 0 Å². The van der Waals surface area contributed by atoms with Gasteiger partial charge in [-0.3, -0.25) is 23.4 Å². The lowest BCUT2D eigenvalue weighted by Gasteiger charge is -2.21. The maximum atomic E-state index is 12.9. The highest BCUT2D eigenvalue weighted by Gasteiger charge is 2.28. The first kappa shape index (κ1) is 67.6. The van der Waals surface area contributed by atoms with Gasteiger partial charge in [-0.15, -0.1) is 0 Å². The SMILES string of the molecule is CC/C=C\C/C=C\C/C=C\C/C=C\C/C=C\CC(=O)OC(CO)COP(=O)(O)OCC(COC(=O)CCCCCCC/C=C\C/C=C\CCC)OC(=O)CCCCCC/C=C\C/C=C\C/C=C\C/C=C\CC. The Morgan fingerprint density at radius 2 is 0.778 bits per heavy atom. The molecule has 0 aliphatic rings. The van der Waals surface area contributed by atoms with E-state index >= 15 is 0 Å². The van der Waals surface area contributed by atoms with Gasteiger partial charge in [-0.05, 0) is 109 Å². The van der Waals surface area contributed by atoms with Crippen LogP contribution in [-0.2, 0) is 42.2 Å². The van der Waals surface area contributed by atoms with Crippen molar-refractivity contribution in [2.45, 2.75) is 200 Å². The average molecular weight is 1020 g/mol. The Kier molecular flexibility index (Phi) is 49.7. The highest BCUT2D eigenvalue weighted by molar-refractivity contribution is 7.47. The van der Waals surface area contributed by atoms with Crippen LogP contribution in [0, 0.1) is 0 Å². The number of carbonyl (C=O) groups excluding carboxylic acids is 3. The number of allylic oxidation sites excluding steroid dienone is 21. The molecular weight excluding hydrogens is 928 g/mol. The zero-order valence-electron chi connectivity index (χ0n) is 44.6. The largest absolute Gasteiger partial charge is 0.472 e. The van der Waals surface area contributed by atoms with Crippen LogP contribution in [-0.4, -0.2) is 66.5 Å². The molecule has 2 N–H and O–H groups in total. The molecule has 0 rings (SSSR count). The molecule has 0 aromatic heterocycles. The number of phosphoric ester groups is 1. The number of unbranched alkanes of at least 4 members (excludes halogenated alkanes) is 10. The molecular formula is C60H95O11P. The third kappa shape index (κ3) is 50.6. The normalized spacial score (nSPS) is 14.5. The molecule has 0 saturated heterocycles. The third-order valence-corrected chi connectivity index (χ3v) is 11.5. The Labute approximate surface area is 436 Å². The minimum absolute atomic E-state index is 0.0649. The maximum Gasteiger partial charge on any atom is 0.472 e. The van der Waals surface area contributed by atoms with Crippen molar-refractivity contribution in [1.29, 1.82) is 0 Å². The van der Waals surface area contributed by atoms with Gasteiger partial charge in [-0.1, -0.05) is 193 Å². The van der Waals surface area contributed by atoms with Crippen molar-refractivity contribution < 1.29 is 52.2 Å². The Morgan fingerprint density at radius 1 is 0.417 bits per heavy atom. The van der Waals surface area contributed by atoms with E-state index < -0.39 is 57.8 Å². The van der Waals surface area contributed by atoms with E-state index in [0.29, 0.717) is 19.3 Å². The van der Waals surface area contributed by atoms with E-state index in [1.807, 2.05) is 18.2 Å². The smallest absolute Gasteiger partial charge is 0.462 e. The highest BCUT2D eigenvalue weighted by atomic mass is 31.2. The van der Waals surface area contributed by atoms with Crippen LogP contribution in [0.4, 0.5) is 0 Å². The summed E-state index contributed by atoms with van der Waals surface area (Å²) in [7, 11) is -4.79. The lowest BCUT2D eigenvalue weighted by molar-refractivity contribution is -0.161. The Hall–Kier alpha value is -4.38. The van der Waals surface area contributed by atoms with Gasteiger partial charge in [0.25, 0.3) is 0 Å². The molecule has 11 nitrogen and oxygen atoms in total. The number of hydrogen-bond donors (Lipinski definition) is 2. The number of ether oxygens (including phenoxy) is 3. The van der Waals surface area contributed by atoms with Crippen molar-refractivity contribution in [3.63, 3.8) is 0 Å². The zero-order valence-corrected chi connectivity index (χ0v) is 45.5. The van der Waals surface area contributed by atoms with E-state index in [-0.39, 0.29) is 25.9 Å². The van der Waals surface area contributed by atoms with Crippen LogP contribution in [0.15, 0.2) is 134 Å². The van der Waals surface area contributed by atoms with Gasteiger partial charge in [-0.25, -0.2) is 4.57 Å². The molecule has 0 aromatic rings. The first-order valence-corrected chi connectivity index (χ1v) is 28.6. The lowest BCUT2D eigenvalue weighted by atomic mass is 10.1. The summed E-state index contributed by atoms with van der Waals surface area (Å²) < 4.78 is 39.3. The molecule has 0 saturated carbocycles. The van der Waals surface area contributed by atoms with Gasteiger partial charge in [0.1, 0.15) is 12.7 Å². The third-order valence-electron chi connectivity index (χ3n) is 10.6. The van der Waals surface area contributed by atoms with Crippen LogP contribution in [0.25, 0.3) is 0 Å². The van der Waals surface area contributed by atoms with Gasteiger partial charge in [0, 0.05) is 12.8 Å². The standard InChI is InChI=1S/C60H95O11P/c1-4-7-10-13-16-19-22-25-27-28-30-33-36-39-42-45-48-51-60(64)71-57(53-67-58(62)49-46-43-40-37-34-31-24-21-18-15-12-9-6-3)55-69-72(65,66)68-54-56(52-61)70-59(63)50-47-44-41-38-35-32-29-26-23-20-17-14-11-8-5-2/h7-8,10-12,15-17,19-21,24-27,29-30,33,35,38,44,47,56-57,61H,4-6,9,13-14,18,22-23,28,31-32,34,36-37,39-43,45-46,48-55H2,1-3H3,(H,65,66)/b10-7-,11-8-,15-12-,19-16-,20-17-,24-21-,27-25-,29-26-,33-30-,38-35-,47-44-. The molecule has 0 amide bonds. The highest BCUT2D eigenvalue weighted by Crippen LogP contribution is 2.43. The molecule has 0 aliphatic heterocycles. The Morgan fingerprint density at radius 3 is 1.22 bits per heavy atom. The Bertz CT molecular complexity index is 1710. The van der Waals surface area contributed by atoms with Gasteiger partial charge < -0.3 is 24.2 Å². The first-order chi connectivity index (χ1) is 35.2. The van der Waals surface area contributed by atoms with E-state index in [9.17, 15) is 28.9 Å². The van der Waals surface area contributed by atoms with Gasteiger partial charge in [-0.2, -0.15) is 0 Å². The van der Waals surface area contributed by atoms with E-state index in [1.54, 1.807) is 6.08 Å². The van der Waals surface area contributed by atoms with Crippen LogP contribution >= 0.6 is 7.82 Å². The second-order valence-electron chi connectivity index (χ2n) is 17.3. The summed E-state index contributed by atoms with van der Waals surface area (Å²) >= 11 is 0. The molecule has 0 aliphatic carbocycles. The predicted octanol–water partition coefficient (Wildman–Crippen LogP) is 15.8. The predicted molar refractivity (Wildman–Crippen MR) is 297 cm³/mol. The minimum atomic E-state index is -4.79. The van der Waals surface area contributed by atoms with Gasteiger partial charge >= 0.3 is 25.7 Å². The summed E-state index contributed by atoms with van der Waals surface area (Å²) in [5.74, 6) is -1.67. The molecule has 0 spiro atoms. The molecule has 12 heteroatoms. The van der Waals surface area contributed by atoms with Crippen molar-refractivity contribution in [1.82, 2.24) is 0 Å². The van der Waals surface area contributed by atoms with Gasteiger partial charge in [0.15, 0.2) is 6.10 Å². The molecule has 0 bridgehead atoms. The van der Waals surface area contributed by atoms with E-state index in [0.717, 1.165) is 128 Å². The van der Waals surface area contributed by atoms with E-state index in [2.05, 4.69) is 130 Å². The second kappa shape index (κ2) is 52.9. The summed E-state index contributed by atoms with van der Waals surface area (Å²) in [4.78, 5) is 48.4.